The second-order valence-electron chi connectivity index (χ2n) is 11.5. The standard InChI is InChI=1S/C24H34F6O3/c1-20-9-7-14(31)11-13(20)3-4-15-16-5-6-18(21(16,2)10-8-17(15)20)19(32)12-22(33,23(25,26)27)24(28,29)30/h3,14-19,31-33H,4-12H2,1-2H3/t14?,15-,16-,17-,18+,19?,20-,21-/m0/s1. The Morgan fingerprint density at radius 2 is 1.61 bits per heavy atom. The molecular weight excluding hydrogens is 450 g/mol. The van der Waals surface area contributed by atoms with E-state index < -0.39 is 41.8 Å². The van der Waals surface area contributed by atoms with Crippen LogP contribution in [0.2, 0.25) is 0 Å². The summed E-state index contributed by atoms with van der Waals surface area (Å²) in [4.78, 5) is 0. The third kappa shape index (κ3) is 3.75. The number of aliphatic hydroxyl groups excluding tert-OH is 2. The van der Waals surface area contributed by atoms with Crippen molar-refractivity contribution >= 4 is 0 Å². The van der Waals surface area contributed by atoms with Crippen molar-refractivity contribution in [3.63, 3.8) is 0 Å². The topological polar surface area (TPSA) is 60.7 Å². The molecule has 0 radical (unpaired) electrons. The largest absolute Gasteiger partial charge is 0.426 e. The van der Waals surface area contributed by atoms with Crippen molar-refractivity contribution in [2.24, 2.45) is 34.5 Å². The second kappa shape index (κ2) is 7.85. The first-order valence-electron chi connectivity index (χ1n) is 12.0. The fourth-order valence-corrected chi connectivity index (χ4v) is 8.15. The van der Waals surface area contributed by atoms with Crippen LogP contribution in [-0.2, 0) is 0 Å². The summed E-state index contributed by atoms with van der Waals surface area (Å²) in [7, 11) is 0. The average molecular weight is 485 g/mol. The number of hydrogen-bond acceptors (Lipinski definition) is 3. The maximum absolute atomic E-state index is 13.2. The summed E-state index contributed by atoms with van der Waals surface area (Å²) in [5.74, 6) is -0.0106. The first-order chi connectivity index (χ1) is 15.0. The van der Waals surface area contributed by atoms with E-state index in [4.69, 9.17) is 0 Å². The first-order valence-corrected chi connectivity index (χ1v) is 12.0. The van der Waals surface area contributed by atoms with Gasteiger partial charge in [-0.2, -0.15) is 26.3 Å². The summed E-state index contributed by atoms with van der Waals surface area (Å²) in [5, 5.41) is 30.4. The van der Waals surface area contributed by atoms with E-state index in [0.717, 1.165) is 25.7 Å². The Balaban J connectivity index is 1.57. The molecule has 0 amide bonds. The van der Waals surface area contributed by atoms with Crippen molar-refractivity contribution in [2.45, 2.75) is 102 Å². The lowest BCUT2D eigenvalue weighted by atomic mass is 9.47. The van der Waals surface area contributed by atoms with Gasteiger partial charge in [-0.05, 0) is 85.9 Å². The van der Waals surface area contributed by atoms with E-state index in [1.165, 1.54) is 5.57 Å². The number of halogens is 6. The quantitative estimate of drug-likeness (QED) is 0.365. The molecule has 2 unspecified atom stereocenters. The molecule has 4 rings (SSSR count). The molecule has 0 spiro atoms. The van der Waals surface area contributed by atoms with E-state index in [1.807, 2.05) is 6.92 Å². The van der Waals surface area contributed by atoms with Gasteiger partial charge < -0.3 is 15.3 Å². The van der Waals surface area contributed by atoms with Crippen LogP contribution < -0.4 is 0 Å². The molecule has 0 aromatic heterocycles. The predicted molar refractivity (Wildman–Crippen MR) is 109 cm³/mol. The minimum Gasteiger partial charge on any atom is -0.393 e. The molecule has 8 atom stereocenters. The number of allylic oxidation sites excluding steroid dienone is 1. The van der Waals surface area contributed by atoms with Crippen LogP contribution in [0.25, 0.3) is 0 Å². The van der Waals surface area contributed by atoms with E-state index in [2.05, 4.69) is 13.0 Å². The van der Waals surface area contributed by atoms with Gasteiger partial charge in [0.25, 0.3) is 5.60 Å². The molecule has 3 fully saturated rings. The highest BCUT2D eigenvalue weighted by Gasteiger charge is 2.71. The van der Waals surface area contributed by atoms with Gasteiger partial charge in [0.2, 0.25) is 0 Å². The third-order valence-electron chi connectivity index (χ3n) is 10.1. The Hall–Kier alpha value is -0.800. The molecule has 0 heterocycles. The van der Waals surface area contributed by atoms with Crippen molar-refractivity contribution < 1.29 is 41.7 Å². The van der Waals surface area contributed by atoms with E-state index >= 15 is 0 Å². The minimum absolute atomic E-state index is 0.0347. The highest BCUT2D eigenvalue weighted by molar-refractivity contribution is 5.25. The molecule has 4 aliphatic carbocycles. The van der Waals surface area contributed by atoms with Crippen LogP contribution in [-0.4, -0.2) is 45.5 Å². The smallest absolute Gasteiger partial charge is 0.393 e. The van der Waals surface area contributed by atoms with Gasteiger partial charge in [-0.25, -0.2) is 0 Å². The highest BCUT2D eigenvalue weighted by atomic mass is 19.4. The van der Waals surface area contributed by atoms with Crippen LogP contribution in [0.1, 0.15) is 71.6 Å². The van der Waals surface area contributed by atoms with Gasteiger partial charge >= 0.3 is 12.4 Å². The lowest BCUT2D eigenvalue weighted by molar-refractivity contribution is -0.375. The molecule has 4 aliphatic rings. The summed E-state index contributed by atoms with van der Waals surface area (Å²) in [6.45, 7) is 4.14. The zero-order chi connectivity index (χ0) is 24.6. The molecule has 0 saturated heterocycles. The van der Waals surface area contributed by atoms with Gasteiger partial charge in [-0.15, -0.1) is 0 Å². The van der Waals surface area contributed by atoms with Gasteiger partial charge in [0.15, 0.2) is 0 Å². The van der Waals surface area contributed by atoms with Gasteiger partial charge in [0, 0.05) is 6.42 Å². The summed E-state index contributed by atoms with van der Waals surface area (Å²) >= 11 is 0. The minimum atomic E-state index is -5.92. The number of fused-ring (bicyclic) bond motifs is 5. The normalized spacial score (nSPS) is 42.8. The monoisotopic (exact) mass is 484 g/mol. The Kier molecular flexibility index (Phi) is 6.02. The van der Waals surface area contributed by atoms with Gasteiger partial charge in [-0.3, -0.25) is 0 Å². The predicted octanol–water partition coefficient (Wildman–Crippen LogP) is 5.53. The molecule has 3 saturated carbocycles. The number of alkyl halides is 6. The van der Waals surface area contributed by atoms with E-state index in [0.29, 0.717) is 31.6 Å². The maximum atomic E-state index is 13.2. The summed E-state index contributed by atoms with van der Waals surface area (Å²) in [5.41, 5.74) is -4.26. The Morgan fingerprint density at radius 3 is 2.21 bits per heavy atom. The van der Waals surface area contributed by atoms with Gasteiger partial charge in [0.1, 0.15) is 0 Å². The Bertz CT molecular complexity index is 778. The SMILES string of the molecule is C[C@]12CC[C@H]3[C@@H](CC=C4CC(O)CC[C@@]43C)[C@@H]1CC[C@@H]2C(O)CC(O)(C(F)(F)F)C(F)(F)F. The van der Waals surface area contributed by atoms with Crippen LogP contribution in [0.3, 0.4) is 0 Å². The molecule has 0 aromatic rings. The lowest BCUT2D eigenvalue weighted by Gasteiger charge is -2.58. The molecule has 0 bridgehead atoms. The molecule has 3 nitrogen and oxygen atoms in total. The summed E-state index contributed by atoms with van der Waals surface area (Å²) < 4.78 is 79.3. The molecular formula is C24H34F6O3. The third-order valence-corrected chi connectivity index (χ3v) is 10.1. The molecule has 3 N–H and O–H groups in total. The number of aliphatic hydroxyl groups is 3. The van der Waals surface area contributed by atoms with Crippen molar-refractivity contribution in [2.75, 3.05) is 0 Å². The van der Waals surface area contributed by atoms with E-state index in [1.54, 1.807) is 0 Å². The second-order valence-corrected chi connectivity index (χ2v) is 11.5. The van der Waals surface area contributed by atoms with Crippen LogP contribution >= 0.6 is 0 Å². The number of hydrogen-bond donors (Lipinski definition) is 3. The zero-order valence-corrected chi connectivity index (χ0v) is 19.0. The summed E-state index contributed by atoms with van der Waals surface area (Å²) in [6, 6.07) is 0. The van der Waals surface area contributed by atoms with Gasteiger partial charge in [-0.1, -0.05) is 25.5 Å². The highest BCUT2D eigenvalue weighted by Crippen LogP contribution is 2.67. The first kappa shape index (κ1) is 25.3. The van der Waals surface area contributed by atoms with Gasteiger partial charge in [0.05, 0.1) is 12.2 Å². The average Bonchev–Trinajstić information content (AvgIpc) is 3.04. The van der Waals surface area contributed by atoms with Crippen LogP contribution in [0.4, 0.5) is 26.3 Å². The van der Waals surface area contributed by atoms with Crippen LogP contribution in [0.5, 0.6) is 0 Å². The number of rotatable bonds is 3. The van der Waals surface area contributed by atoms with Crippen molar-refractivity contribution in [3.05, 3.63) is 11.6 Å². The molecule has 9 heteroatoms. The fraction of sp³-hybridized carbons (Fsp3) is 0.917. The Morgan fingerprint density at radius 1 is 0.970 bits per heavy atom. The lowest BCUT2D eigenvalue weighted by Crippen LogP contribution is -2.59. The van der Waals surface area contributed by atoms with Crippen molar-refractivity contribution in [1.29, 1.82) is 0 Å². The molecule has 0 aromatic carbocycles. The van der Waals surface area contributed by atoms with E-state index in [9.17, 15) is 41.7 Å². The molecule has 33 heavy (non-hydrogen) atoms. The van der Waals surface area contributed by atoms with Crippen LogP contribution in [0, 0.1) is 34.5 Å². The zero-order valence-electron chi connectivity index (χ0n) is 19.0. The van der Waals surface area contributed by atoms with Crippen LogP contribution in [0.15, 0.2) is 11.6 Å². The van der Waals surface area contributed by atoms with Crippen molar-refractivity contribution in [3.8, 4) is 0 Å². The van der Waals surface area contributed by atoms with Crippen molar-refractivity contribution in [1.82, 2.24) is 0 Å². The maximum Gasteiger partial charge on any atom is 0.426 e. The Labute approximate surface area is 190 Å². The summed E-state index contributed by atoms with van der Waals surface area (Å²) in [6.07, 6.45) is -8.18. The fourth-order valence-electron chi connectivity index (χ4n) is 8.15. The molecule has 190 valence electrons. The van der Waals surface area contributed by atoms with E-state index in [-0.39, 0.29) is 23.4 Å². The molecule has 0 aliphatic heterocycles.